The molecule has 4 nitrogen and oxygen atoms in total. The highest BCUT2D eigenvalue weighted by molar-refractivity contribution is 7.49. The van der Waals surface area contributed by atoms with E-state index < -0.39 is 7.82 Å². The Hall–Kier alpha value is -0.970. The van der Waals surface area contributed by atoms with E-state index in [0.717, 1.165) is 0 Å². The van der Waals surface area contributed by atoms with Crippen LogP contribution in [0.4, 0.5) is 0 Å². The van der Waals surface area contributed by atoms with Crippen molar-refractivity contribution in [1.82, 2.24) is 0 Å². The van der Waals surface area contributed by atoms with Crippen LogP contribution in [0, 0.1) is 0 Å². The molecule has 3 aromatic carbocycles. The number of benzene rings is 3. The molecule has 0 aliphatic heterocycles. The molecule has 3 rings (SSSR count). The maximum Gasteiger partial charge on any atom is 0.647 e. The zero-order chi connectivity index (χ0) is 21.2. The Kier molecular flexibility index (Phi) is 7.40. The summed E-state index contributed by atoms with van der Waals surface area (Å²) in [4.78, 5) is 0. The van der Waals surface area contributed by atoms with Crippen LogP contribution >= 0.6 is 77.4 Å². The normalized spacial score (nSPS) is 11.2. The van der Waals surface area contributed by atoms with E-state index in [1.54, 1.807) is 0 Å². The van der Waals surface area contributed by atoms with E-state index in [9.17, 15) is 4.57 Å². The van der Waals surface area contributed by atoms with Crippen LogP contribution in [0.5, 0.6) is 17.2 Å². The minimum Gasteiger partial charge on any atom is -0.384 e. The van der Waals surface area contributed by atoms with Gasteiger partial charge in [0, 0.05) is 15.1 Å². The Balaban J connectivity index is 2.00. The Morgan fingerprint density at radius 3 is 1.03 bits per heavy atom. The summed E-state index contributed by atoms with van der Waals surface area (Å²) in [5, 5.41) is 1.36. The second-order valence-corrected chi connectivity index (χ2v) is 9.42. The molecule has 11 heteroatoms. The predicted molar refractivity (Wildman–Crippen MR) is 119 cm³/mol. The van der Waals surface area contributed by atoms with Gasteiger partial charge in [-0.3, -0.25) is 0 Å². The maximum absolute atomic E-state index is 13.5. The summed E-state index contributed by atoms with van der Waals surface area (Å²) < 4.78 is 30.0. The molecule has 0 aromatic heterocycles. The van der Waals surface area contributed by atoms with Crippen LogP contribution < -0.4 is 13.6 Å². The minimum absolute atomic E-state index is 0.00886. The van der Waals surface area contributed by atoms with E-state index in [1.165, 1.54) is 54.6 Å². The third-order valence-corrected chi connectivity index (χ3v) is 6.16. The molecule has 0 radical (unpaired) electrons. The van der Waals surface area contributed by atoms with Gasteiger partial charge in [-0.05, 0) is 54.6 Å². The van der Waals surface area contributed by atoms with Gasteiger partial charge >= 0.3 is 7.82 Å². The molecule has 29 heavy (non-hydrogen) atoms. The molecular weight excluding hydrogens is 524 g/mol. The van der Waals surface area contributed by atoms with E-state index in [4.69, 9.17) is 83.2 Å². The third kappa shape index (κ3) is 6.02. The lowest BCUT2D eigenvalue weighted by Crippen LogP contribution is -2.08. The maximum atomic E-state index is 13.5. The Morgan fingerprint density at radius 2 is 0.793 bits per heavy atom. The number of halogens is 6. The predicted octanol–water partition coefficient (Wildman–Crippen LogP) is 9.25. The van der Waals surface area contributed by atoms with Gasteiger partial charge in [-0.15, -0.1) is 0 Å². The average Bonchev–Trinajstić information content (AvgIpc) is 2.63. The monoisotopic (exact) mass is 530 g/mol. The van der Waals surface area contributed by atoms with E-state index in [0.29, 0.717) is 15.1 Å². The number of hydrogen-bond donors (Lipinski definition) is 0. The van der Waals surface area contributed by atoms with Gasteiger partial charge in [0.25, 0.3) is 0 Å². The first-order valence-electron chi connectivity index (χ1n) is 7.69. The molecule has 0 N–H and O–H groups in total. The summed E-state index contributed by atoms with van der Waals surface area (Å²) >= 11 is 36.0. The van der Waals surface area contributed by atoms with Crippen molar-refractivity contribution in [3.63, 3.8) is 0 Å². The Labute approximate surface area is 196 Å². The zero-order valence-electron chi connectivity index (χ0n) is 14.0. The number of phosphoric ester groups is 1. The molecule has 0 fully saturated rings. The molecule has 0 aliphatic rings. The highest BCUT2D eigenvalue weighted by atomic mass is 35.5. The van der Waals surface area contributed by atoms with E-state index in [1.807, 2.05) is 0 Å². The van der Waals surface area contributed by atoms with E-state index >= 15 is 0 Å². The highest BCUT2D eigenvalue weighted by Crippen LogP contribution is 2.53. The van der Waals surface area contributed by atoms with Gasteiger partial charge in [0.1, 0.15) is 0 Å². The molecule has 0 saturated heterocycles. The fraction of sp³-hybridized carbons (Fsp3) is 0. The van der Waals surface area contributed by atoms with Crippen LogP contribution in [-0.4, -0.2) is 0 Å². The van der Waals surface area contributed by atoms with Crippen molar-refractivity contribution >= 4 is 77.4 Å². The van der Waals surface area contributed by atoms with Crippen molar-refractivity contribution in [2.45, 2.75) is 0 Å². The van der Waals surface area contributed by atoms with Gasteiger partial charge in [0.05, 0.1) is 15.1 Å². The van der Waals surface area contributed by atoms with Crippen LogP contribution in [0.1, 0.15) is 0 Å². The van der Waals surface area contributed by atoms with Gasteiger partial charge in [0.2, 0.25) is 0 Å². The highest BCUT2D eigenvalue weighted by Gasteiger charge is 2.35. The summed E-state index contributed by atoms with van der Waals surface area (Å²) in [6.45, 7) is 0. The second kappa shape index (κ2) is 9.45. The molecule has 0 aliphatic carbocycles. The fourth-order valence-electron chi connectivity index (χ4n) is 2.06. The Bertz CT molecular complexity index is 971. The molecule has 0 heterocycles. The first-order chi connectivity index (χ1) is 13.6. The van der Waals surface area contributed by atoms with Crippen molar-refractivity contribution in [3.8, 4) is 17.2 Å². The van der Waals surface area contributed by atoms with Crippen molar-refractivity contribution in [3.05, 3.63) is 84.7 Å². The average molecular weight is 533 g/mol. The van der Waals surface area contributed by atoms with Gasteiger partial charge in [-0.1, -0.05) is 69.6 Å². The summed E-state index contributed by atoms with van der Waals surface area (Å²) in [6, 6.07) is 13.0. The van der Waals surface area contributed by atoms with Gasteiger partial charge in [-0.2, -0.15) is 4.57 Å². The van der Waals surface area contributed by atoms with Gasteiger partial charge in [0.15, 0.2) is 17.2 Å². The van der Waals surface area contributed by atoms with E-state index in [2.05, 4.69) is 0 Å². The number of hydrogen-bond acceptors (Lipinski definition) is 4. The van der Waals surface area contributed by atoms with Crippen LogP contribution in [-0.2, 0) is 4.57 Å². The first-order valence-corrected chi connectivity index (χ1v) is 11.4. The molecule has 0 saturated carbocycles. The lowest BCUT2D eigenvalue weighted by Gasteiger charge is -2.21. The molecule has 0 atom stereocenters. The van der Waals surface area contributed by atoms with Crippen LogP contribution in [0.2, 0.25) is 30.1 Å². The summed E-state index contributed by atoms with van der Waals surface area (Å²) in [6.07, 6.45) is 0. The standard InChI is InChI=1S/C18H9Cl6O4P/c19-10-1-4-16(13(22)7-10)26-29(25,27-17-5-2-11(20)8-14(17)23)28-18-6-3-12(21)9-15(18)24/h1-9H. The SMILES string of the molecule is O=P(Oc1ccc(Cl)cc1Cl)(Oc1ccc(Cl)cc1Cl)Oc1ccc(Cl)cc1Cl. The molecule has 0 bridgehead atoms. The first kappa shape index (κ1) is 22.7. The second-order valence-electron chi connectivity index (χ2n) is 5.45. The summed E-state index contributed by atoms with van der Waals surface area (Å²) in [5.74, 6) is 0.0266. The van der Waals surface area contributed by atoms with Crippen molar-refractivity contribution in [2.75, 3.05) is 0 Å². The molecular formula is C18H9Cl6O4P. The third-order valence-electron chi connectivity index (χ3n) is 3.31. The summed E-state index contributed by atoms with van der Waals surface area (Å²) in [5.41, 5.74) is 0. The van der Waals surface area contributed by atoms with Crippen molar-refractivity contribution in [2.24, 2.45) is 0 Å². The van der Waals surface area contributed by atoms with Crippen LogP contribution in [0.15, 0.2) is 54.6 Å². The smallest absolute Gasteiger partial charge is 0.384 e. The molecule has 0 unspecified atom stereocenters. The lowest BCUT2D eigenvalue weighted by atomic mass is 10.3. The largest absolute Gasteiger partial charge is 0.647 e. The summed E-state index contributed by atoms with van der Waals surface area (Å²) in [7, 11) is -4.39. The van der Waals surface area contributed by atoms with Gasteiger partial charge < -0.3 is 13.6 Å². The van der Waals surface area contributed by atoms with Crippen molar-refractivity contribution < 1.29 is 18.1 Å². The van der Waals surface area contributed by atoms with Crippen LogP contribution in [0.3, 0.4) is 0 Å². The quantitative estimate of drug-likeness (QED) is 0.297. The zero-order valence-corrected chi connectivity index (χ0v) is 19.5. The lowest BCUT2D eigenvalue weighted by molar-refractivity contribution is 0.298. The number of phosphoric acid groups is 1. The molecule has 3 aromatic rings. The van der Waals surface area contributed by atoms with E-state index in [-0.39, 0.29) is 32.3 Å². The Morgan fingerprint density at radius 1 is 0.517 bits per heavy atom. The topological polar surface area (TPSA) is 44.8 Å². The van der Waals surface area contributed by atoms with Crippen molar-refractivity contribution in [1.29, 1.82) is 0 Å². The fourth-order valence-corrected chi connectivity index (χ4v) is 4.88. The van der Waals surface area contributed by atoms with Crippen LogP contribution in [0.25, 0.3) is 0 Å². The van der Waals surface area contributed by atoms with Gasteiger partial charge in [-0.25, -0.2) is 0 Å². The minimum atomic E-state index is -4.39. The number of rotatable bonds is 6. The molecule has 152 valence electrons. The molecule has 0 spiro atoms. The molecule has 0 amide bonds.